The first kappa shape index (κ1) is 27.0. The van der Waals surface area contributed by atoms with Crippen molar-refractivity contribution in [3.8, 4) is 0 Å². The Kier molecular flexibility index (Phi) is 7.21. The number of hydrogen-bond donors (Lipinski definition) is 2. The number of carbonyl (C=O) groups excluding carboxylic acids is 3. The molecular formula is C32H36ClN3O4. The van der Waals surface area contributed by atoms with Gasteiger partial charge in [-0.3, -0.25) is 14.4 Å². The van der Waals surface area contributed by atoms with Gasteiger partial charge < -0.3 is 20.3 Å². The van der Waals surface area contributed by atoms with Gasteiger partial charge in [0.1, 0.15) is 11.6 Å². The molecule has 0 radical (unpaired) electrons. The van der Waals surface area contributed by atoms with Crippen LogP contribution < -0.4 is 10.6 Å². The minimum atomic E-state index is -1.20. The van der Waals surface area contributed by atoms with Crippen molar-refractivity contribution >= 4 is 35.0 Å². The molecule has 0 unspecified atom stereocenters. The number of hydrogen-bond acceptors (Lipinski definition) is 4. The van der Waals surface area contributed by atoms with E-state index in [2.05, 4.69) is 24.5 Å². The lowest BCUT2D eigenvalue weighted by Gasteiger charge is -2.34. The topological polar surface area (TPSA) is 87.7 Å². The zero-order valence-electron chi connectivity index (χ0n) is 22.9. The van der Waals surface area contributed by atoms with Crippen molar-refractivity contribution in [3.63, 3.8) is 0 Å². The van der Waals surface area contributed by atoms with E-state index in [1.54, 1.807) is 11.0 Å². The first-order valence-corrected chi connectivity index (χ1v) is 14.8. The molecule has 2 saturated heterocycles. The van der Waals surface area contributed by atoms with Crippen LogP contribution in [-0.4, -0.2) is 46.4 Å². The number of likely N-dealkylation sites (tertiary alicyclic amines) is 1. The molecule has 3 fully saturated rings. The summed E-state index contributed by atoms with van der Waals surface area (Å²) in [7, 11) is 0. The number of rotatable bonds is 7. The van der Waals surface area contributed by atoms with Crippen LogP contribution in [0.5, 0.6) is 0 Å². The van der Waals surface area contributed by atoms with E-state index in [0.29, 0.717) is 16.6 Å². The van der Waals surface area contributed by atoms with Gasteiger partial charge in [0.15, 0.2) is 0 Å². The van der Waals surface area contributed by atoms with E-state index < -0.39 is 29.6 Å². The number of amides is 3. The minimum Gasteiger partial charge on any atom is -0.359 e. The van der Waals surface area contributed by atoms with Gasteiger partial charge in [-0.25, -0.2) is 0 Å². The van der Waals surface area contributed by atoms with Crippen molar-refractivity contribution in [1.82, 2.24) is 10.2 Å². The molecular weight excluding hydrogens is 526 g/mol. The van der Waals surface area contributed by atoms with E-state index in [9.17, 15) is 14.4 Å². The third kappa shape index (κ3) is 4.63. The van der Waals surface area contributed by atoms with Gasteiger partial charge in [0.2, 0.25) is 17.7 Å². The Morgan fingerprint density at radius 3 is 2.48 bits per heavy atom. The van der Waals surface area contributed by atoms with E-state index in [1.807, 2.05) is 54.6 Å². The van der Waals surface area contributed by atoms with Crippen molar-refractivity contribution in [2.45, 2.75) is 82.2 Å². The molecule has 7 nitrogen and oxygen atoms in total. The molecule has 0 aromatic heterocycles. The highest BCUT2D eigenvalue weighted by Crippen LogP contribution is 2.55. The fourth-order valence-corrected chi connectivity index (χ4v) is 7.15. The largest absolute Gasteiger partial charge is 0.359 e. The third-order valence-corrected chi connectivity index (χ3v) is 9.39. The first-order chi connectivity index (χ1) is 19.3. The Bertz CT molecular complexity index is 1340. The van der Waals surface area contributed by atoms with Crippen LogP contribution in [0.1, 0.15) is 63.0 Å². The highest BCUT2D eigenvalue weighted by molar-refractivity contribution is 6.31. The van der Waals surface area contributed by atoms with Gasteiger partial charge in [-0.05, 0) is 48.1 Å². The average Bonchev–Trinajstić information content (AvgIpc) is 3.58. The Balaban J connectivity index is 1.31. The number of nitrogens with one attached hydrogen (secondary N) is 2. The monoisotopic (exact) mass is 561 g/mol. The molecule has 2 bridgehead atoms. The van der Waals surface area contributed by atoms with Gasteiger partial charge in [0.05, 0.1) is 17.9 Å². The predicted molar refractivity (Wildman–Crippen MR) is 154 cm³/mol. The SMILES string of the molecule is CC(C)c1ccc(NC(=O)[C@@H]2[C@H]3C=C[C@]4(O3)[C@H](C(=O)NC3CCCCC3)N(Cc3ccccc3Cl)C(=O)[C@@H]24)cc1. The molecule has 4 aliphatic rings. The van der Waals surface area contributed by atoms with Gasteiger partial charge in [0.25, 0.3) is 0 Å². The standard InChI is InChI=1S/C32H36ClN3O4/c1-19(2)20-12-14-23(15-13-20)34-29(37)26-25-16-17-32(40-25)27(26)31(39)36(18-21-8-6-7-11-24(21)33)28(32)30(38)35-22-9-4-3-5-10-22/h6-8,11-17,19,22,25-28H,3-5,9-10,18H2,1-2H3,(H,34,37)(H,35,38)/t25-,26-,27-,28+,32-/m1/s1. The summed E-state index contributed by atoms with van der Waals surface area (Å²) < 4.78 is 6.47. The van der Waals surface area contributed by atoms with E-state index in [4.69, 9.17) is 16.3 Å². The quantitative estimate of drug-likeness (QED) is 0.455. The molecule has 8 heteroatoms. The molecule has 5 atom stereocenters. The molecule has 2 aromatic carbocycles. The summed E-state index contributed by atoms with van der Waals surface area (Å²) in [5, 5.41) is 6.75. The second kappa shape index (κ2) is 10.7. The van der Waals surface area contributed by atoms with Gasteiger partial charge >= 0.3 is 0 Å². The van der Waals surface area contributed by atoms with Crippen molar-refractivity contribution in [2.75, 3.05) is 5.32 Å². The van der Waals surface area contributed by atoms with E-state index in [-0.39, 0.29) is 30.3 Å². The maximum Gasteiger partial charge on any atom is 0.246 e. The van der Waals surface area contributed by atoms with Crippen LogP contribution in [0.3, 0.4) is 0 Å². The number of ether oxygens (including phenoxy) is 1. The number of nitrogens with zero attached hydrogens (tertiary/aromatic N) is 1. The van der Waals surface area contributed by atoms with Gasteiger partial charge in [0, 0.05) is 23.3 Å². The molecule has 1 aliphatic carbocycles. The molecule has 3 heterocycles. The Morgan fingerprint density at radius 1 is 1.05 bits per heavy atom. The number of benzene rings is 2. The van der Waals surface area contributed by atoms with Crippen LogP contribution >= 0.6 is 11.6 Å². The van der Waals surface area contributed by atoms with E-state index in [1.165, 1.54) is 12.0 Å². The zero-order chi connectivity index (χ0) is 28.0. The number of carbonyl (C=O) groups is 3. The van der Waals surface area contributed by atoms with E-state index >= 15 is 0 Å². The molecule has 210 valence electrons. The molecule has 1 saturated carbocycles. The smallest absolute Gasteiger partial charge is 0.246 e. The van der Waals surface area contributed by atoms with Crippen LogP contribution in [0.25, 0.3) is 0 Å². The van der Waals surface area contributed by atoms with Crippen LogP contribution in [0, 0.1) is 11.8 Å². The number of fused-ring (bicyclic) bond motifs is 1. The summed E-state index contributed by atoms with van der Waals surface area (Å²) in [5.41, 5.74) is 1.39. The lowest BCUT2D eigenvalue weighted by atomic mass is 9.74. The first-order valence-electron chi connectivity index (χ1n) is 14.4. The summed E-state index contributed by atoms with van der Waals surface area (Å²) in [5.74, 6) is -1.94. The molecule has 40 heavy (non-hydrogen) atoms. The maximum atomic E-state index is 14.2. The summed E-state index contributed by atoms with van der Waals surface area (Å²) in [6.45, 7) is 4.39. The molecule has 1 spiro atoms. The number of halogens is 1. The highest BCUT2D eigenvalue weighted by Gasteiger charge is 2.72. The molecule has 3 amide bonds. The lowest BCUT2D eigenvalue weighted by Crippen LogP contribution is -2.56. The second-order valence-electron chi connectivity index (χ2n) is 11.9. The summed E-state index contributed by atoms with van der Waals surface area (Å²) in [6.07, 6.45) is 8.28. The summed E-state index contributed by atoms with van der Waals surface area (Å²) >= 11 is 6.48. The van der Waals surface area contributed by atoms with Crippen molar-refractivity contribution in [3.05, 3.63) is 76.8 Å². The molecule has 6 rings (SSSR count). The summed E-state index contributed by atoms with van der Waals surface area (Å²) in [6, 6.07) is 14.3. The van der Waals surface area contributed by atoms with Gasteiger partial charge in [-0.15, -0.1) is 0 Å². The fourth-order valence-electron chi connectivity index (χ4n) is 6.95. The fraction of sp³-hybridized carbons (Fsp3) is 0.469. The van der Waals surface area contributed by atoms with Crippen LogP contribution in [0.2, 0.25) is 5.02 Å². The van der Waals surface area contributed by atoms with Crippen molar-refractivity contribution in [1.29, 1.82) is 0 Å². The average molecular weight is 562 g/mol. The van der Waals surface area contributed by atoms with Crippen molar-refractivity contribution < 1.29 is 19.1 Å². The third-order valence-electron chi connectivity index (χ3n) is 9.02. The lowest BCUT2D eigenvalue weighted by molar-refractivity contribution is -0.142. The van der Waals surface area contributed by atoms with E-state index in [0.717, 1.165) is 31.2 Å². The normalized spacial score (nSPS) is 29.2. The number of anilines is 1. The minimum absolute atomic E-state index is 0.0736. The van der Waals surface area contributed by atoms with Crippen molar-refractivity contribution in [2.24, 2.45) is 11.8 Å². The van der Waals surface area contributed by atoms with Gasteiger partial charge in [-0.2, -0.15) is 0 Å². The Labute approximate surface area is 240 Å². The Morgan fingerprint density at radius 2 is 1.77 bits per heavy atom. The molecule has 3 aliphatic heterocycles. The van der Waals surface area contributed by atoms with Crippen LogP contribution in [-0.2, 0) is 25.7 Å². The van der Waals surface area contributed by atoms with Crippen LogP contribution in [0.15, 0.2) is 60.7 Å². The van der Waals surface area contributed by atoms with Gasteiger partial charge in [-0.1, -0.05) is 87.2 Å². The predicted octanol–water partition coefficient (Wildman–Crippen LogP) is 5.20. The molecule has 2 N–H and O–H groups in total. The Hall–Kier alpha value is -3.16. The zero-order valence-corrected chi connectivity index (χ0v) is 23.7. The maximum absolute atomic E-state index is 14.2. The molecule has 2 aromatic rings. The highest BCUT2D eigenvalue weighted by atomic mass is 35.5. The second-order valence-corrected chi connectivity index (χ2v) is 12.3. The summed E-state index contributed by atoms with van der Waals surface area (Å²) in [4.78, 5) is 43.4. The van der Waals surface area contributed by atoms with Crippen LogP contribution in [0.4, 0.5) is 5.69 Å².